The Morgan fingerprint density at radius 1 is 1.07 bits per heavy atom. The van der Waals surface area contributed by atoms with Gasteiger partial charge in [0.15, 0.2) is 0 Å². The van der Waals surface area contributed by atoms with E-state index < -0.39 is 0 Å². The molecule has 0 amide bonds. The smallest absolute Gasteiger partial charge is 0.338 e. The summed E-state index contributed by atoms with van der Waals surface area (Å²) in [6, 6.07) is 16.1. The first kappa shape index (κ1) is 17.8. The van der Waals surface area contributed by atoms with Crippen LogP contribution in [0.1, 0.15) is 53.6 Å². The van der Waals surface area contributed by atoms with Gasteiger partial charge in [0.2, 0.25) is 0 Å². The lowest BCUT2D eigenvalue weighted by molar-refractivity contribution is 0.0599. The normalized spacial score (nSPS) is 19.4. The molecule has 1 N–H and O–H groups in total. The van der Waals surface area contributed by atoms with Gasteiger partial charge in [0.25, 0.3) is 0 Å². The second kappa shape index (κ2) is 7.55. The lowest BCUT2D eigenvalue weighted by Gasteiger charge is -2.42. The average molecular weight is 362 g/mol. The largest absolute Gasteiger partial charge is 0.465 e. The van der Waals surface area contributed by atoms with E-state index in [2.05, 4.69) is 29.6 Å². The van der Waals surface area contributed by atoms with Crippen molar-refractivity contribution < 1.29 is 9.53 Å². The summed E-state index contributed by atoms with van der Waals surface area (Å²) in [5.41, 5.74) is 4.15. The number of nitrogens with one attached hydrogen (secondary N) is 1. The number of benzene rings is 2. The fraction of sp³-hybridized carbons (Fsp3) is 0.391. The fourth-order valence-electron chi connectivity index (χ4n) is 4.49. The summed E-state index contributed by atoms with van der Waals surface area (Å²) >= 11 is 0. The molecule has 0 unspecified atom stereocenters. The van der Waals surface area contributed by atoms with Gasteiger partial charge >= 0.3 is 5.97 Å². The Hall–Kier alpha value is -2.62. The second-order valence-electron chi connectivity index (χ2n) is 7.61. The third kappa shape index (κ3) is 3.48. The Morgan fingerprint density at radius 2 is 1.81 bits per heavy atom. The van der Waals surface area contributed by atoms with Crippen molar-refractivity contribution >= 4 is 17.5 Å². The molecule has 140 valence electrons. The van der Waals surface area contributed by atoms with Crippen molar-refractivity contribution in [3.8, 4) is 0 Å². The summed E-state index contributed by atoms with van der Waals surface area (Å²) in [6.07, 6.45) is 7.20. The van der Waals surface area contributed by atoms with Crippen LogP contribution in [0.15, 0.2) is 53.5 Å². The third-order valence-electron chi connectivity index (χ3n) is 5.94. The highest BCUT2D eigenvalue weighted by Gasteiger charge is 2.40. The molecule has 1 saturated carbocycles. The van der Waals surface area contributed by atoms with Gasteiger partial charge in [-0.15, -0.1) is 0 Å². The Labute approximate surface area is 160 Å². The fourth-order valence-corrected chi connectivity index (χ4v) is 4.49. The van der Waals surface area contributed by atoms with Crippen LogP contribution in [-0.4, -0.2) is 18.9 Å². The van der Waals surface area contributed by atoms with Gasteiger partial charge in [-0.05, 0) is 42.5 Å². The topological polar surface area (TPSA) is 50.7 Å². The maximum atomic E-state index is 12.1. The van der Waals surface area contributed by atoms with Crippen LogP contribution in [0.25, 0.3) is 0 Å². The van der Waals surface area contributed by atoms with Gasteiger partial charge in [-0.25, -0.2) is 4.79 Å². The molecule has 1 spiro atoms. The molecule has 0 bridgehead atoms. The number of methoxy groups -OCH3 is 1. The number of amidine groups is 1. The van der Waals surface area contributed by atoms with Crippen LogP contribution in [0, 0.1) is 5.41 Å². The number of nitrogens with zero attached hydrogens (tertiary/aromatic N) is 1. The molecule has 0 radical (unpaired) electrons. The Bertz CT molecular complexity index is 866. The number of rotatable bonds is 3. The number of esters is 1. The first-order valence-electron chi connectivity index (χ1n) is 9.78. The SMILES string of the molecule is COC(=O)c1ccccc1CN=C1Nc2ccccc2CC12CCCCC2. The molecule has 4 heteroatoms. The van der Waals surface area contributed by atoms with Gasteiger partial charge in [0, 0.05) is 11.1 Å². The summed E-state index contributed by atoms with van der Waals surface area (Å²) < 4.78 is 4.92. The molecule has 2 aromatic carbocycles. The first-order valence-corrected chi connectivity index (χ1v) is 9.78. The molecule has 1 heterocycles. The molecule has 0 saturated heterocycles. The van der Waals surface area contributed by atoms with Gasteiger partial charge in [-0.2, -0.15) is 0 Å². The molecular weight excluding hydrogens is 336 g/mol. The van der Waals surface area contributed by atoms with Crippen molar-refractivity contribution in [3.05, 3.63) is 65.2 Å². The van der Waals surface area contributed by atoms with E-state index in [1.807, 2.05) is 18.2 Å². The average Bonchev–Trinajstić information content (AvgIpc) is 2.72. The van der Waals surface area contributed by atoms with Crippen molar-refractivity contribution in [1.82, 2.24) is 0 Å². The highest BCUT2D eigenvalue weighted by atomic mass is 16.5. The molecule has 1 aliphatic carbocycles. The van der Waals surface area contributed by atoms with E-state index in [-0.39, 0.29) is 11.4 Å². The summed E-state index contributed by atoms with van der Waals surface area (Å²) in [5.74, 6) is 0.778. The molecular formula is C23H26N2O2. The highest BCUT2D eigenvalue weighted by Crippen LogP contribution is 2.45. The van der Waals surface area contributed by atoms with E-state index in [1.165, 1.54) is 44.8 Å². The predicted molar refractivity (Wildman–Crippen MR) is 108 cm³/mol. The number of aliphatic imine (C=N–C) groups is 1. The molecule has 0 atom stereocenters. The first-order chi connectivity index (χ1) is 13.2. The van der Waals surface area contributed by atoms with Gasteiger partial charge in [-0.1, -0.05) is 55.7 Å². The summed E-state index contributed by atoms with van der Waals surface area (Å²) in [5, 5.41) is 3.62. The minimum atomic E-state index is -0.305. The lowest BCUT2D eigenvalue weighted by atomic mass is 9.67. The number of hydrogen-bond donors (Lipinski definition) is 1. The van der Waals surface area contributed by atoms with E-state index in [9.17, 15) is 4.79 Å². The molecule has 0 aromatic heterocycles. The highest BCUT2D eigenvalue weighted by molar-refractivity contribution is 6.02. The van der Waals surface area contributed by atoms with E-state index in [0.717, 1.165) is 23.5 Å². The molecule has 1 fully saturated rings. The van der Waals surface area contributed by atoms with E-state index >= 15 is 0 Å². The van der Waals surface area contributed by atoms with Crippen molar-refractivity contribution in [3.63, 3.8) is 0 Å². The lowest BCUT2D eigenvalue weighted by Crippen LogP contribution is -2.43. The van der Waals surface area contributed by atoms with Crippen LogP contribution in [0.3, 0.4) is 0 Å². The second-order valence-corrected chi connectivity index (χ2v) is 7.61. The number of hydrogen-bond acceptors (Lipinski definition) is 3. The van der Waals surface area contributed by atoms with Gasteiger partial charge < -0.3 is 10.1 Å². The minimum absolute atomic E-state index is 0.104. The number of carbonyl (C=O) groups excluding carboxylic acids is 1. The maximum absolute atomic E-state index is 12.1. The van der Waals surface area contributed by atoms with Crippen molar-refractivity contribution in [2.45, 2.75) is 45.1 Å². The molecule has 2 aromatic rings. The third-order valence-corrected chi connectivity index (χ3v) is 5.94. The summed E-state index contributed by atoms with van der Waals surface area (Å²) in [7, 11) is 1.42. The van der Waals surface area contributed by atoms with Gasteiger partial charge in [-0.3, -0.25) is 4.99 Å². The Morgan fingerprint density at radius 3 is 2.63 bits per heavy atom. The summed E-state index contributed by atoms with van der Waals surface area (Å²) in [4.78, 5) is 17.1. The minimum Gasteiger partial charge on any atom is -0.465 e. The van der Waals surface area contributed by atoms with Crippen LogP contribution in [0.2, 0.25) is 0 Å². The molecule has 4 nitrogen and oxygen atoms in total. The maximum Gasteiger partial charge on any atom is 0.338 e. The Kier molecular flexibility index (Phi) is 4.97. The predicted octanol–water partition coefficient (Wildman–Crippen LogP) is 4.99. The van der Waals surface area contributed by atoms with Crippen LogP contribution < -0.4 is 5.32 Å². The number of ether oxygens (including phenoxy) is 1. The monoisotopic (exact) mass is 362 g/mol. The van der Waals surface area contributed by atoms with Gasteiger partial charge in [0.1, 0.15) is 5.84 Å². The zero-order valence-electron chi connectivity index (χ0n) is 15.8. The van der Waals surface area contributed by atoms with E-state index in [0.29, 0.717) is 12.1 Å². The molecule has 4 rings (SSSR count). The number of anilines is 1. The zero-order valence-corrected chi connectivity index (χ0v) is 15.8. The number of fused-ring (bicyclic) bond motifs is 1. The molecule has 27 heavy (non-hydrogen) atoms. The van der Waals surface area contributed by atoms with Crippen LogP contribution in [0.4, 0.5) is 5.69 Å². The quantitative estimate of drug-likeness (QED) is 0.783. The standard InChI is InChI=1S/C23H26N2O2/c1-27-21(26)19-11-5-3-10-18(19)16-24-22-23(13-7-2-8-14-23)15-17-9-4-6-12-20(17)25-22/h3-6,9-12H,2,7-8,13-16H2,1H3,(H,24,25). The van der Waals surface area contributed by atoms with Crippen molar-refractivity contribution in [2.24, 2.45) is 10.4 Å². The molecule has 2 aliphatic rings. The Balaban J connectivity index is 1.68. The number of para-hydroxylation sites is 1. The zero-order chi connectivity index (χ0) is 18.7. The summed E-state index contributed by atoms with van der Waals surface area (Å²) in [6.45, 7) is 0.484. The van der Waals surface area contributed by atoms with E-state index in [4.69, 9.17) is 9.73 Å². The van der Waals surface area contributed by atoms with Crippen LogP contribution in [0.5, 0.6) is 0 Å². The van der Waals surface area contributed by atoms with Crippen LogP contribution >= 0.6 is 0 Å². The van der Waals surface area contributed by atoms with Gasteiger partial charge in [0.05, 0.1) is 19.2 Å². The van der Waals surface area contributed by atoms with E-state index in [1.54, 1.807) is 6.07 Å². The van der Waals surface area contributed by atoms with Crippen molar-refractivity contribution in [2.75, 3.05) is 12.4 Å². The number of carbonyl (C=O) groups is 1. The molecule has 1 aliphatic heterocycles. The van der Waals surface area contributed by atoms with Crippen LogP contribution in [-0.2, 0) is 17.7 Å². The van der Waals surface area contributed by atoms with Crippen molar-refractivity contribution in [1.29, 1.82) is 0 Å².